The van der Waals surface area contributed by atoms with Crippen LogP contribution >= 0.6 is 11.8 Å². The van der Waals surface area contributed by atoms with Gasteiger partial charge in [-0.3, -0.25) is 9.78 Å². The summed E-state index contributed by atoms with van der Waals surface area (Å²) in [5.74, 6) is 2.04. The highest BCUT2D eigenvalue weighted by Crippen LogP contribution is 2.29. The van der Waals surface area contributed by atoms with Crippen molar-refractivity contribution in [1.82, 2.24) is 19.7 Å². The number of ketones is 1. The zero-order chi connectivity index (χ0) is 18.5. The minimum absolute atomic E-state index is 0.0260. The van der Waals surface area contributed by atoms with Gasteiger partial charge in [-0.15, -0.1) is 10.2 Å². The van der Waals surface area contributed by atoms with Gasteiger partial charge < -0.3 is 14.0 Å². The Morgan fingerprint density at radius 3 is 2.65 bits per heavy atom. The van der Waals surface area contributed by atoms with Crippen molar-refractivity contribution in [3.8, 4) is 22.9 Å². The number of nitrogens with zero attached hydrogens (tertiary/aromatic N) is 4. The summed E-state index contributed by atoms with van der Waals surface area (Å²) in [4.78, 5) is 16.6. The predicted molar refractivity (Wildman–Crippen MR) is 98.8 cm³/mol. The number of rotatable bonds is 7. The third-order valence-corrected chi connectivity index (χ3v) is 4.81. The van der Waals surface area contributed by atoms with Gasteiger partial charge >= 0.3 is 0 Å². The largest absolute Gasteiger partial charge is 0.493 e. The fraction of sp³-hybridized carbons (Fsp3) is 0.222. The maximum Gasteiger partial charge on any atom is 0.191 e. The molecule has 0 aliphatic heterocycles. The minimum atomic E-state index is -0.0260. The summed E-state index contributed by atoms with van der Waals surface area (Å²) in [6, 6.07) is 8.89. The van der Waals surface area contributed by atoms with Crippen LogP contribution in [0.4, 0.5) is 0 Å². The van der Waals surface area contributed by atoms with E-state index in [1.807, 2.05) is 23.7 Å². The van der Waals surface area contributed by atoms with E-state index in [2.05, 4.69) is 15.2 Å². The first-order valence-corrected chi connectivity index (χ1v) is 8.80. The molecule has 0 saturated heterocycles. The Morgan fingerprint density at radius 2 is 1.96 bits per heavy atom. The van der Waals surface area contributed by atoms with E-state index in [0.29, 0.717) is 28.0 Å². The van der Waals surface area contributed by atoms with E-state index >= 15 is 0 Å². The van der Waals surface area contributed by atoms with Crippen molar-refractivity contribution in [2.45, 2.75) is 5.16 Å². The van der Waals surface area contributed by atoms with E-state index in [1.165, 1.54) is 11.8 Å². The highest BCUT2D eigenvalue weighted by molar-refractivity contribution is 7.99. The van der Waals surface area contributed by atoms with Crippen LogP contribution in [0.2, 0.25) is 0 Å². The normalized spacial score (nSPS) is 10.6. The van der Waals surface area contributed by atoms with Crippen molar-refractivity contribution >= 4 is 17.5 Å². The van der Waals surface area contributed by atoms with Gasteiger partial charge in [-0.25, -0.2) is 0 Å². The molecule has 0 radical (unpaired) electrons. The number of carbonyl (C=O) groups is 1. The standard InChI is InChI=1S/C18H18N4O3S/c1-22-17(13-5-4-8-19-10-13)20-21-18(22)26-11-14(23)12-6-7-15(24-2)16(9-12)25-3/h4-10H,11H2,1-3H3. The molecule has 0 fully saturated rings. The van der Waals surface area contributed by atoms with Gasteiger partial charge in [-0.2, -0.15) is 0 Å². The summed E-state index contributed by atoms with van der Waals surface area (Å²) in [6.45, 7) is 0. The van der Waals surface area contributed by atoms with Crippen molar-refractivity contribution in [3.05, 3.63) is 48.3 Å². The van der Waals surface area contributed by atoms with Gasteiger partial charge in [0.15, 0.2) is 28.3 Å². The monoisotopic (exact) mass is 370 g/mol. The summed E-state index contributed by atoms with van der Waals surface area (Å²) in [7, 11) is 4.97. The number of hydrogen-bond acceptors (Lipinski definition) is 7. The van der Waals surface area contributed by atoms with Crippen LogP contribution in [-0.4, -0.2) is 45.5 Å². The van der Waals surface area contributed by atoms with Crippen LogP contribution in [0.15, 0.2) is 47.9 Å². The number of Topliss-reactive ketones (excluding diaryl/α,β-unsaturated/α-hetero) is 1. The number of carbonyl (C=O) groups excluding carboxylic acids is 1. The maximum absolute atomic E-state index is 12.5. The molecule has 3 aromatic rings. The minimum Gasteiger partial charge on any atom is -0.493 e. The van der Waals surface area contributed by atoms with Crippen LogP contribution < -0.4 is 9.47 Å². The molecule has 0 saturated carbocycles. The molecule has 0 atom stereocenters. The van der Waals surface area contributed by atoms with Gasteiger partial charge in [0.2, 0.25) is 0 Å². The van der Waals surface area contributed by atoms with Crippen LogP contribution in [0.5, 0.6) is 11.5 Å². The first-order chi connectivity index (χ1) is 12.6. The number of methoxy groups -OCH3 is 2. The summed E-state index contributed by atoms with van der Waals surface area (Å²) in [5, 5.41) is 9.03. The molecule has 0 N–H and O–H groups in total. The zero-order valence-corrected chi connectivity index (χ0v) is 15.5. The van der Waals surface area contributed by atoms with Gasteiger partial charge in [-0.1, -0.05) is 11.8 Å². The molecule has 26 heavy (non-hydrogen) atoms. The maximum atomic E-state index is 12.5. The molecule has 8 heteroatoms. The highest BCUT2D eigenvalue weighted by Gasteiger charge is 2.15. The Bertz CT molecular complexity index is 912. The first kappa shape index (κ1) is 17.9. The fourth-order valence-corrected chi connectivity index (χ4v) is 3.22. The van der Waals surface area contributed by atoms with Crippen molar-refractivity contribution in [1.29, 1.82) is 0 Å². The summed E-state index contributed by atoms with van der Waals surface area (Å²) < 4.78 is 12.3. The molecule has 7 nitrogen and oxygen atoms in total. The van der Waals surface area contributed by atoms with Crippen LogP contribution in [0.25, 0.3) is 11.4 Å². The second kappa shape index (κ2) is 8.01. The Labute approximate surface area is 155 Å². The Balaban J connectivity index is 1.72. The van der Waals surface area contributed by atoms with Gasteiger partial charge in [0.05, 0.1) is 20.0 Å². The summed E-state index contributed by atoms with van der Waals surface area (Å²) >= 11 is 1.34. The van der Waals surface area contributed by atoms with E-state index in [4.69, 9.17) is 9.47 Å². The molecule has 2 aromatic heterocycles. The molecular formula is C18H18N4O3S. The lowest BCUT2D eigenvalue weighted by Gasteiger charge is -2.09. The van der Waals surface area contributed by atoms with Crippen LogP contribution in [-0.2, 0) is 7.05 Å². The van der Waals surface area contributed by atoms with E-state index in [-0.39, 0.29) is 11.5 Å². The summed E-state index contributed by atoms with van der Waals surface area (Å²) in [6.07, 6.45) is 3.44. The van der Waals surface area contributed by atoms with Gasteiger partial charge in [0.1, 0.15) is 0 Å². The van der Waals surface area contributed by atoms with E-state index in [9.17, 15) is 4.79 Å². The van der Waals surface area contributed by atoms with E-state index in [1.54, 1.807) is 44.8 Å². The third kappa shape index (κ3) is 3.70. The van der Waals surface area contributed by atoms with Gasteiger partial charge in [-0.05, 0) is 30.3 Å². The van der Waals surface area contributed by atoms with Crippen molar-refractivity contribution in [2.75, 3.05) is 20.0 Å². The molecule has 1 aromatic carbocycles. The Morgan fingerprint density at radius 1 is 1.15 bits per heavy atom. The number of pyridine rings is 1. The highest BCUT2D eigenvalue weighted by atomic mass is 32.2. The Hall–Kier alpha value is -2.87. The lowest BCUT2D eigenvalue weighted by Crippen LogP contribution is -2.05. The number of ether oxygens (including phenoxy) is 2. The number of thioether (sulfide) groups is 1. The molecule has 0 spiro atoms. The number of aromatic nitrogens is 4. The molecule has 0 unspecified atom stereocenters. The predicted octanol–water partition coefficient (Wildman–Crippen LogP) is 2.87. The lowest BCUT2D eigenvalue weighted by molar-refractivity contribution is 0.102. The fourth-order valence-electron chi connectivity index (χ4n) is 2.41. The van der Waals surface area contributed by atoms with Gasteiger partial charge in [0, 0.05) is 30.6 Å². The molecule has 0 amide bonds. The van der Waals surface area contributed by atoms with Crippen LogP contribution in [0.3, 0.4) is 0 Å². The van der Waals surface area contributed by atoms with E-state index < -0.39 is 0 Å². The molecule has 3 rings (SSSR count). The molecule has 0 aliphatic carbocycles. The average molecular weight is 370 g/mol. The molecule has 2 heterocycles. The van der Waals surface area contributed by atoms with Crippen LogP contribution in [0, 0.1) is 0 Å². The quantitative estimate of drug-likeness (QED) is 0.467. The van der Waals surface area contributed by atoms with Gasteiger partial charge in [0.25, 0.3) is 0 Å². The number of hydrogen-bond donors (Lipinski definition) is 0. The Kier molecular flexibility index (Phi) is 5.52. The second-order valence-electron chi connectivity index (χ2n) is 5.39. The first-order valence-electron chi connectivity index (χ1n) is 7.82. The zero-order valence-electron chi connectivity index (χ0n) is 14.7. The number of benzene rings is 1. The summed E-state index contributed by atoms with van der Waals surface area (Å²) in [5.41, 5.74) is 1.44. The lowest BCUT2D eigenvalue weighted by atomic mass is 10.1. The van der Waals surface area contributed by atoms with Crippen molar-refractivity contribution < 1.29 is 14.3 Å². The molecule has 134 valence electrons. The molecule has 0 bridgehead atoms. The third-order valence-electron chi connectivity index (χ3n) is 3.79. The second-order valence-corrected chi connectivity index (χ2v) is 6.33. The topological polar surface area (TPSA) is 79.1 Å². The SMILES string of the molecule is COc1ccc(C(=O)CSc2nnc(-c3cccnc3)n2C)cc1OC. The van der Waals surface area contributed by atoms with Crippen molar-refractivity contribution in [2.24, 2.45) is 7.05 Å². The average Bonchev–Trinajstić information content (AvgIpc) is 3.06. The smallest absolute Gasteiger partial charge is 0.191 e. The van der Waals surface area contributed by atoms with Crippen molar-refractivity contribution in [3.63, 3.8) is 0 Å². The molecule has 0 aliphatic rings. The van der Waals surface area contributed by atoms with Crippen LogP contribution in [0.1, 0.15) is 10.4 Å². The molecular weight excluding hydrogens is 352 g/mol. The van der Waals surface area contributed by atoms with E-state index in [0.717, 1.165) is 5.56 Å².